The van der Waals surface area contributed by atoms with Gasteiger partial charge in [-0.1, -0.05) is 24.3 Å². The highest BCUT2D eigenvalue weighted by Crippen LogP contribution is 2.48. The predicted molar refractivity (Wildman–Crippen MR) is 130 cm³/mol. The molecule has 1 saturated heterocycles. The van der Waals surface area contributed by atoms with Crippen molar-refractivity contribution in [1.29, 1.82) is 0 Å². The standard InChI is InChI=1S/C24H24N2O2.C3H7N/c1-15(2)17-12-21(19-6-5-11-25-22(19)13-17)24(9-10-24)26-23(27)20-14-18(28-4)8-7-16(20)3;1-2-4-3-1/h5-8,11-14H,1,9-10H2,2-4H3,(H,26,27);4H,1-3H2. The molecule has 5 rings (SSSR count). The molecule has 1 aliphatic heterocycles. The van der Waals surface area contributed by atoms with Crippen LogP contribution in [0.25, 0.3) is 16.5 Å². The van der Waals surface area contributed by atoms with Crippen LogP contribution >= 0.6 is 0 Å². The summed E-state index contributed by atoms with van der Waals surface area (Å²) >= 11 is 0. The number of aromatic nitrogens is 1. The molecule has 3 aromatic rings. The van der Waals surface area contributed by atoms with Gasteiger partial charge in [0.25, 0.3) is 5.91 Å². The van der Waals surface area contributed by atoms with E-state index in [1.165, 1.54) is 19.5 Å². The minimum Gasteiger partial charge on any atom is -0.497 e. The maximum Gasteiger partial charge on any atom is 0.252 e. The second-order valence-electron chi connectivity index (χ2n) is 8.69. The van der Waals surface area contributed by atoms with Crippen molar-refractivity contribution >= 4 is 22.4 Å². The summed E-state index contributed by atoms with van der Waals surface area (Å²) in [4.78, 5) is 17.6. The Kier molecular flexibility index (Phi) is 6.28. The Morgan fingerprint density at radius 3 is 2.50 bits per heavy atom. The minimum absolute atomic E-state index is 0.0772. The third-order valence-electron chi connectivity index (χ3n) is 6.23. The molecule has 0 atom stereocenters. The lowest BCUT2D eigenvalue weighted by Gasteiger charge is -2.22. The van der Waals surface area contributed by atoms with Crippen LogP contribution in [0.1, 0.15) is 53.2 Å². The number of fused-ring (bicyclic) bond motifs is 1. The van der Waals surface area contributed by atoms with E-state index in [0.29, 0.717) is 11.3 Å². The van der Waals surface area contributed by atoms with Crippen LogP contribution in [0, 0.1) is 6.92 Å². The van der Waals surface area contributed by atoms with Gasteiger partial charge in [-0.3, -0.25) is 9.78 Å². The average Bonchev–Trinajstić information content (AvgIpc) is 3.52. The van der Waals surface area contributed by atoms with Gasteiger partial charge in [0, 0.05) is 17.1 Å². The third kappa shape index (κ3) is 4.53. The van der Waals surface area contributed by atoms with Gasteiger partial charge in [0.15, 0.2) is 0 Å². The van der Waals surface area contributed by atoms with Gasteiger partial charge in [-0.15, -0.1) is 0 Å². The van der Waals surface area contributed by atoms with Crippen LogP contribution < -0.4 is 15.4 Å². The van der Waals surface area contributed by atoms with Crippen LogP contribution in [0.3, 0.4) is 0 Å². The van der Waals surface area contributed by atoms with E-state index in [1.807, 2.05) is 32.0 Å². The number of ether oxygens (including phenoxy) is 1. The molecule has 5 heteroatoms. The minimum atomic E-state index is -0.362. The van der Waals surface area contributed by atoms with Gasteiger partial charge in [0.1, 0.15) is 5.75 Å². The average molecular weight is 430 g/mol. The molecule has 1 aliphatic carbocycles. The van der Waals surface area contributed by atoms with Crippen molar-refractivity contribution in [2.75, 3.05) is 20.2 Å². The van der Waals surface area contributed by atoms with E-state index in [4.69, 9.17) is 4.74 Å². The number of methoxy groups -OCH3 is 1. The molecule has 2 fully saturated rings. The number of pyridine rings is 1. The highest BCUT2D eigenvalue weighted by molar-refractivity contribution is 5.97. The molecule has 0 radical (unpaired) electrons. The number of carbonyl (C=O) groups is 1. The molecular formula is C27H31N3O2. The molecule has 1 saturated carbocycles. The van der Waals surface area contributed by atoms with Crippen molar-refractivity contribution in [2.24, 2.45) is 0 Å². The first-order chi connectivity index (χ1) is 15.4. The first kappa shape index (κ1) is 22.0. The molecule has 2 heterocycles. The number of rotatable bonds is 5. The first-order valence-electron chi connectivity index (χ1n) is 11.2. The van der Waals surface area contributed by atoms with Crippen LogP contribution in [-0.4, -0.2) is 31.1 Å². The lowest BCUT2D eigenvalue weighted by molar-refractivity contribution is 0.0930. The van der Waals surface area contributed by atoms with Gasteiger partial charge in [0.05, 0.1) is 18.2 Å². The van der Waals surface area contributed by atoms with Crippen LogP contribution in [0.15, 0.2) is 55.2 Å². The fourth-order valence-electron chi connectivity index (χ4n) is 3.85. The van der Waals surface area contributed by atoms with Crippen molar-refractivity contribution in [3.8, 4) is 5.75 Å². The van der Waals surface area contributed by atoms with Crippen molar-refractivity contribution in [2.45, 2.75) is 38.6 Å². The second kappa shape index (κ2) is 9.13. The van der Waals surface area contributed by atoms with Gasteiger partial charge in [-0.2, -0.15) is 0 Å². The predicted octanol–water partition coefficient (Wildman–Crippen LogP) is 4.98. The fourth-order valence-corrected chi connectivity index (χ4v) is 3.85. The summed E-state index contributed by atoms with van der Waals surface area (Å²) in [7, 11) is 1.61. The number of amides is 1. The number of nitrogens with one attached hydrogen (secondary N) is 2. The molecule has 166 valence electrons. The van der Waals surface area contributed by atoms with Crippen molar-refractivity contribution < 1.29 is 9.53 Å². The molecule has 5 nitrogen and oxygen atoms in total. The number of nitrogens with zero attached hydrogens (tertiary/aromatic N) is 1. The van der Waals surface area contributed by atoms with Crippen molar-refractivity contribution in [3.05, 3.63) is 77.5 Å². The molecule has 1 aromatic heterocycles. The summed E-state index contributed by atoms with van der Waals surface area (Å²) in [6.07, 6.45) is 5.00. The van der Waals surface area contributed by atoms with Crippen LogP contribution in [-0.2, 0) is 5.54 Å². The Balaban J connectivity index is 0.000000552. The summed E-state index contributed by atoms with van der Waals surface area (Å²) < 4.78 is 5.29. The second-order valence-corrected chi connectivity index (χ2v) is 8.69. The summed E-state index contributed by atoms with van der Waals surface area (Å²) in [5, 5.41) is 7.49. The number of benzene rings is 2. The summed E-state index contributed by atoms with van der Waals surface area (Å²) in [6.45, 7) is 10.5. The van der Waals surface area contributed by atoms with Gasteiger partial charge >= 0.3 is 0 Å². The van der Waals surface area contributed by atoms with E-state index >= 15 is 0 Å². The molecule has 1 amide bonds. The first-order valence-corrected chi connectivity index (χ1v) is 11.2. The SMILES string of the molecule is C1CNC1.C=C(C)c1cc(C2(NC(=O)c3cc(OC)ccc3C)CC2)c2cccnc2c1. The lowest BCUT2D eigenvalue weighted by Crippen LogP contribution is -2.35. The zero-order chi connectivity index (χ0) is 22.7. The molecule has 0 spiro atoms. The topological polar surface area (TPSA) is 63.2 Å². The number of hydrogen-bond donors (Lipinski definition) is 2. The third-order valence-corrected chi connectivity index (χ3v) is 6.23. The van der Waals surface area contributed by atoms with E-state index in [-0.39, 0.29) is 11.4 Å². The lowest BCUT2D eigenvalue weighted by atomic mass is 9.94. The van der Waals surface area contributed by atoms with Crippen molar-refractivity contribution in [3.63, 3.8) is 0 Å². The zero-order valence-electron chi connectivity index (χ0n) is 19.1. The van der Waals surface area contributed by atoms with Crippen LogP contribution in [0.5, 0.6) is 5.75 Å². The molecule has 0 unspecified atom stereocenters. The zero-order valence-corrected chi connectivity index (χ0v) is 19.1. The number of aryl methyl sites for hydroxylation is 1. The van der Waals surface area contributed by atoms with Gasteiger partial charge in [-0.25, -0.2) is 0 Å². The molecule has 2 aliphatic rings. The molecule has 0 bridgehead atoms. The molecular weight excluding hydrogens is 398 g/mol. The largest absolute Gasteiger partial charge is 0.497 e. The van der Waals surface area contributed by atoms with Gasteiger partial charge in [0.2, 0.25) is 0 Å². The smallest absolute Gasteiger partial charge is 0.252 e. The maximum absolute atomic E-state index is 13.1. The molecule has 2 aromatic carbocycles. The Labute approximate surface area is 189 Å². The number of carbonyl (C=O) groups excluding carboxylic acids is 1. The van der Waals surface area contributed by atoms with E-state index in [0.717, 1.165) is 46.0 Å². The number of allylic oxidation sites excluding steroid dienone is 1. The molecule has 32 heavy (non-hydrogen) atoms. The Morgan fingerprint density at radius 1 is 1.19 bits per heavy atom. The fraction of sp³-hybridized carbons (Fsp3) is 0.333. The Morgan fingerprint density at radius 2 is 1.91 bits per heavy atom. The Bertz CT molecular complexity index is 1160. The summed E-state index contributed by atoms with van der Waals surface area (Å²) in [5.74, 6) is 0.603. The van der Waals surface area contributed by atoms with E-state index in [9.17, 15) is 4.79 Å². The van der Waals surface area contributed by atoms with E-state index in [2.05, 4.69) is 40.4 Å². The quantitative estimate of drug-likeness (QED) is 0.600. The van der Waals surface area contributed by atoms with Crippen LogP contribution in [0.4, 0.5) is 0 Å². The number of hydrogen-bond acceptors (Lipinski definition) is 4. The van der Waals surface area contributed by atoms with E-state index in [1.54, 1.807) is 19.4 Å². The summed E-state index contributed by atoms with van der Waals surface area (Å²) in [6, 6.07) is 13.8. The normalized spacial score (nSPS) is 15.7. The van der Waals surface area contributed by atoms with E-state index < -0.39 is 0 Å². The summed E-state index contributed by atoms with van der Waals surface area (Å²) in [5.41, 5.74) is 5.29. The Hall–Kier alpha value is -3.18. The highest BCUT2D eigenvalue weighted by Gasteiger charge is 2.47. The van der Waals surface area contributed by atoms with Crippen LogP contribution in [0.2, 0.25) is 0 Å². The van der Waals surface area contributed by atoms with Gasteiger partial charge in [-0.05, 0) is 93.2 Å². The highest BCUT2D eigenvalue weighted by atomic mass is 16.5. The maximum atomic E-state index is 13.1. The monoisotopic (exact) mass is 429 g/mol. The molecule has 2 N–H and O–H groups in total. The van der Waals surface area contributed by atoms with Gasteiger partial charge < -0.3 is 15.4 Å². The van der Waals surface area contributed by atoms with Crippen molar-refractivity contribution in [1.82, 2.24) is 15.6 Å².